The Morgan fingerprint density at radius 2 is 1.02 bits per heavy atom. The van der Waals surface area contributed by atoms with Crippen molar-refractivity contribution < 1.29 is 0 Å². The van der Waals surface area contributed by atoms with E-state index in [1.807, 2.05) is 0 Å². The molecule has 0 spiro atoms. The van der Waals surface area contributed by atoms with Gasteiger partial charge in [-0.25, -0.2) is 4.98 Å². The maximum atomic E-state index is 5.77. The summed E-state index contributed by atoms with van der Waals surface area (Å²) in [7, 11) is 0. The number of nitrogens with zero attached hydrogens (tertiary/aromatic N) is 4. The first-order chi connectivity index (χ1) is 29.3. The van der Waals surface area contributed by atoms with Gasteiger partial charge in [-0.05, 0) is 75.6 Å². The highest BCUT2D eigenvalue weighted by Gasteiger charge is 2.26. The first kappa shape index (κ1) is 30.2. The third-order valence-electron chi connectivity index (χ3n) is 13.4. The molecule has 0 N–H and O–H groups in total. The van der Waals surface area contributed by atoms with Crippen LogP contribution in [0.15, 0.2) is 182 Å². The lowest BCUT2D eigenvalue weighted by Crippen LogP contribution is -1.93. The molecular weight excluding hydrogens is 717 g/mol. The van der Waals surface area contributed by atoms with Crippen LogP contribution in [0.1, 0.15) is 0 Å². The fourth-order valence-electron chi connectivity index (χ4n) is 11.1. The van der Waals surface area contributed by atoms with Gasteiger partial charge in [0.2, 0.25) is 0 Å². The van der Waals surface area contributed by atoms with E-state index in [0.29, 0.717) is 0 Å². The van der Waals surface area contributed by atoms with Gasteiger partial charge < -0.3 is 8.97 Å². The van der Waals surface area contributed by atoms with Crippen molar-refractivity contribution in [3.05, 3.63) is 182 Å². The second-order valence-electron chi connectivity index (χ2n) is 16.3. The van der Waals surface area contributed by atoms with E-state index in [4.69, 9.17) is 4.98 Å². The normalized spacial score (nSPS) is 12.7. The average molecular weight is 747 g/mol. The standard InChI is InChI=1S/C55H30N4/c1-2-14-34(15-3-1)57-45-23-9-8-18-38(45)42-28-33(25-26-46(42)57)37-19-10-21-40-50-36-17-7-5-13-32(36)29-43-44-30-48-51(56-55(44)59(52(37)40)54(43)50)41-22-11-20-39-49-35-16-6-4-12-31(35)24-27-47(49)58(48)53(39)41/h1-30H. The van der Waals surface area contributed by atoms with Crippen LogP contribution in [0.2, 0.25) is 0 Å². The largest absolute Gasteiger partial charge is 0.309 e. The lowest BCUT2D eigenvalue weighted by molar-refractivity contribution is 1.18. The van der Waals surface area contributed by atoms with Crippen LogP contribution >= 0.6 is 0 Å². The molecule has 0 atom stereocenters. The Hall–Kier alpha value is -7.95. The molecule has 0 aliphatic rings. The Kier molecular flexibility index (Phi) is 5.38. The van der Waals surface area contributed by atoms with Crippen molar-refractivity contribution in [1.29, 1.82) is 0 Å². The summed E-state index contributed by atoms with van der Waals surface area (Å²) in [5.74, 6) is 0. The van der Waals surface area contributed by atoms with Crippen molar-refractivity contribution in [3.8, 4) is 16.8 Å². The highest BCUT2D eigenvalue weighted by atomic mass is 15.0. The maximum Gasteiger partial charge on any atom is 0.146 e. The van der Waals surface area contributed by atoms with E-state index < -0.39 is 0 Å². The molecule has 15 aromatic rings. The van der Waals surface area contributed by atoms with Gasteiger partial charge >= 0.3 is 0 Å². The van der Waals surface area contributed by atoms with Gasteiger partial charge in [-0.1, -0.05) is 133 Å². The predicted octanol–water partition coefficient (Wildman–Crippen LogP) is 14.5. The molecule has 0 fully saturated rings. The topological polar surface area (TPSA) is 26.6 Å². The van der Waals surface area contributed by atoms with E-state index in [-0.39, 0.29) is 0 Å². The second kappa shape index (κ2) is 10.5. The minimum absolute atomic E-state index is 1.00. The fraction of sp³-hybridized carbons (Fsp3) is 0. The van der Waals surface area contributed by atoms with E-state index in [9.17, 15) is 0 Å². The van der Waals surface area contributed by atoms with E-state index in [1.54, 1.807) is 0 Å². The van der Waals surface area contributed by atoms with Gasteiger partial charge in [-0.3, -0.25) is 4.40 Å². The van der Waals surface area contributed by atoms with Gasteiger partial charge in [0, 0.05) is 59.7 Å². The Balaban J connectivity index is 1.10. The molecule has 0 saturated heterocycles. The van der Waals surface area contributed by atoms with Gasteiger partial charge in [0.1, 0.15) is 5.65 Å². The summed E-state index contributed by atoms with van der Waals surface area (Å²) in [5.41, 5.74) is 14.1. The van der Waals surface area contributed by atoms with Gasteiger partial charge in [-0.2, -0.15) is 0 Å². The number of pyridine rings is 1. The molecular formula is C55H30N4. The summed E-state index contributed by atoms with van der Waals surface area (Å²) in [6.45, 7) is 0. The van der Waals surface area contributed by atoms with Crippen molar-refractivity contribution in [2.45, 2.75) is 0 Å². The molecule has 9 aromatic carbocycles. The summed E-state index contributed by atoms with van der Waals surface area (Å²) >= 11 is 0. The minimum Gasteiger partial charge on any atom is -0.309 e. The summed E-state index contributed by atoms with van der Waals surface area (Å²) in [6, 6.07) is 67.2. The summed E-state index contributed by atoms with van der Waals surface area (Å²) in [6.07, 6.45) is 0. The highest BCUT2D eigenvalue weighted by Crippen LogP contribution is 2.48. The molecule has 4 nitrogen and oxygen atoms in total. The lowest BCUT2D eigenvalue weighted by Gasteiger charge is -2.09. The molecule has 0 aliphatic heterocycles. The molecule has 0 radical (unpaired) electrons. The third-order valence-corrected chi connectivity index (χ3v) is 13.4. The van der Waals surface area contributed by atoms with Crippen LogP contribution in [0, 0.1) is 0 Å². The van der Waals surface area contributed by atoms with Crippen molar-refractivity contribution in [3.63, 3.8) is 0 Å². The molecule has 0 saturated carbocycles. The summed E-state index contributed by atoms with van der Waals surface area (Å²) in [4.78, 5) is 5.77. The molecule has 59 heavy (non-hydrogen) atoms. The first-order valence-electron chi connectivity index (χ1n) is 20.4. The van der Waals surface area contributed by atoms with Crippen molar-refractivity contribution >= 4 is 120 Å². The Morgan fingerprint density at radius 3 is 1.90 bits per heavy atom. The molecule has 0 aliphatic carbocycles. The van der Waals surface area contributed by atoms with Crippen LogP contribution < -0.4 is 0 Å². The third kappa shape index (κ3) is 3.60. The van der Waals surface area contributed by atoms with Crippen LogP contribution in [-0.2, 0) is 0 Å². The molecule has 0 bridgehead atoms. The van der Waals surface area contributed by atoms with Crippen LogP contribution in [0.25, 0.3) is 137 Å². The van der Waals surface area contributed by atoms with Crippen LogP contribution in [-0.4, -0.2) is 18.4 Å². The molecule has 0 amide bonds. The van der Waals surface area contributed by atoms with Gasteiger partial charge in [0.15, 0.2) is 0 Å². The maximum absolute atomic E-state index is 5.77. The number of rotatable bonds is 2. The average Bonchev–Trinajstić information content (AvgIpc) is 4.08. The number of hydrogen-bond acceptors (Lipinski definition) is 1. The number of fused-ring (bicyclic) bond motifs is 19. The quantitative estimate of drug-likeness (QED) is 0.173. The van der Waals surface area contributed by atoms with E-state index in [1.165, 1.54) is 114 Å². The minimum atomic E-state index is 1.00. The molecule has 0 unspecified atom stereocenters. The number of para-hydroxylation sites is 4. The van der Waals surface area contributed by atoms with Gasteiger partial charge in [0.25, 0.3) is 0 Å². The highest BCUT2D eigenvalue weighted by molar-refractivity contribution is 6.34. The van der Waals surface area contributed by atoms with Crippen molar-refractivity contribution in [2.75, 3.05) is 0 Å². The summed E-state index contributed by atoms with van der Waals surface area (Å²) < 4.78 is 7.36. The number of benzene rings is 9. The zero-order chi connectivity index (χ0) is 38.1. The lowest BCUT2D eigenvalue weighted by atomic mass is 9.97. The smallest absolute Gasteiger partial charge is 0.146 e. The number of hydrogen-bond donors (Lipinski definition) is 0. The molecule has 6 heterocycles. The van der Waals surface area contributed by atoms with Crippen molar-refractivity contribution in [2.24, 2.45) is 0 Å². The molecule has 6 aromatic heterocycles. The predicted molar refractivity (Wildman–Crippen MR) is 248 cm³/mol. The van der Waals surface area contributed by atoms with Gasteiger partial charge in [0.05, 0.1) is 44.1 Å². The Bertz CT molecular complexity index is 4300. The first-order valence-corrected chi connectivity index (χ1v) is 20.4. The van der Waals surface area contributed by atoms with Crippen molar-refractivity contribution in [1.82, 2.24) is 18.4 Å². The second-order valence-corrected chi connectivity index (χ2v) is 16.3. The number of aromatic nitrogens is 4. The summed E-state index contributed by atoms with van der Waals surface area (Å²) in [5, 5.41) is 16.3. The van der Waals surface area contributed by atoms with Crippen LogP contribution in [0.3, 0.4) is 0 Å². The Labute approximate surface area is 335 Å². The van der Waals surface area contributed by atoms with E-state index in [2.05, 4.69) is 195 Å². The monoisotopic (exact) mass is 746 g/mol. The van der Waals surface area contributed by atoms with E-state index in [0.717, 1.165) is 22.4 Å². The van der Waals surface area contributed by atoms with Crippen LogP contribution in [0.4, 0.5) is 0 Å². The zero-order valence-corrected chi connectivity index (χ0v) is 31.6. The molecule has 15 rings (SSSR count). The SMILES string of the molecule is c1ccc(-n2c3ccccc3c3cc(-c4cccc5c6c7ccccc7cc7c8cc9c(nc8n(c45)c76)c4cccc5c6c7ccccc7ccc6n9c45)ccc32)cc1. The molecule has 4 heteroatoms. The Morgan fingerprint density at radius 1 is 0.339 bits per heavy atom. The zero-order valence-electron chi connectivity index (χ0n) is 31.6. The molecule has 270 valence electrons. The van der Waals surface area contributed by atoms with E-state index >= 15 is 0 Å². The fourth-order valence-corrected chi connectivity index (χ4v) is 11.1. The van der Waals surface area contributed by atoms with Crippen LogP contribution in [0.5, 0.6) is 0 Å². The van der Waals surface area contributed by atoms with Gasteiger partial charge in [-0.15, -0.1) is 0 Å².